The molecule has 1 fully saturated rings. The second-order valence-corrected chi connectivity index (χ2v) is 4.60. The van der Waals surface area contributed by atoms with Gasteiger partial charge in [0.1, 0.15) is 5.56 Å². The SMILES string of the molecule is O=C(O)c1cn(C2CC2)c(=O)nc1-c1ccccc1. The van der Waals surface area contributed by atoms with Crippen LogP contribution in [-0.2, 0) is 0 Å². The highest BCUT2D eigenvalue weighted by Gasteiger charge is 2.27. The summed E-state index contributed by atoms with van der Waals surface area (Å²) >= 11 is 0. The van der Waals surface area contributed by atoms with Crippen LogP contribution in [0, 0.1) is 0 Å². The van der Waals surface area contributed by atoms with E-state index in [0.29, 0.717) is 5.56 Å². The molecule has 1 saturated carbocycles. The van der Waals surface area contributed by atoms with Crippen molar-refractivity contribution < 1.29 is 9.90 Å². The van der Waals surface area contributed by atoms with Crippen LogP contribution in [0.1, 0.15) is 29.2 Å². The molecule has 3 rings (SSSR count). The van der Waals surface area contributed by atoms with E-state index < -0.39 is 5.97 Å². The van der Waals surface area contributed by atoms with Crippen LogP contribution >= 0.6 is 0 Å². The lowest BCUT2D eigenvalue weighted by molar-refractivity contribution is 0.0696. The molecule has 0 saturated heterocycles. The average Bonchev–Trinajstić information content (AvgIpc) is 3.23. The summed E-state index contributed by atoms with van der Waals surface area (Å²) in [5.74, 6) is -1.07. The van der Waals surface area contributed by atoms with Gasteiger partial charge >= 0.3 is 11.7 Å². The molecule has 0 aliphatic heterocycles. The number of rotatable bonds is 3. The Balaban J connectivity index is 2.21. The molecule has 1 aromatic carbocycles. The fourth-order valence-corrected chi connectivity index (χ4v) is 2.06. The maximum atomic E-state index is 11.9. The van der Waals surface area contributed by atoms with Crippen molar-refractivity contribution in [3.05, 3.63) is 52.6 Å². The van der Waals surface area contributed by atoms with Crippen molar-refractivity contribution >= 4 is 5.97 Å². The zero-order valence-corrected chi connectivity index (χ0v) is 10.1. The minimum atomic E-state index is -1.07. The second kappa shape index (κ2) is 4.35. The Kier molecular flexibility index (Phi) is 2.67. The lowest BCUT2D eigenvalue weighted by atomic mass is 10.1. The molecular weight excluding hydrogens is 244 g/mol. The molecule has 1 N–H and O–H groups in total. The number of hydrogen-bond donors (Lipinski definition) is 1. The van der Waals surface area contributed by atoms with Gasteiger partial charge in [-0.1, -0.05) is 30.3 Å². The maximum Gasteiger partial charge on any atom is 0.348 e. The van der Waals surface area contributed by atoms with E-state index in [1.807, 2.05) is 6.07 Å². The van der Waals surface area contributed by atoms with Gasteiger partial charge in [-0.2, -0.15) is 4.98 Å². The van der Waals surface area contributed by atoms with E-state index in [1.54, 1.807) is 24.3 Å². The molecule has 96 valence electrons. The van der Waals surface area contributed by atoms with Crippen LogP contribution < -0.4 is 5.69 Å². The molecule has 0 atom stereocenters. The number of aromatic nitrogens is 2. The van der Waals surface area contributed by atoms with Crippen molar-refractivity contribution in [2.45, 2.75) is 18.9 Å². The summed E-state index contributed by atoms with van der Waals surface area (Å²) in [5.41, 5.74) is 0.555. The fourth-order valence-electron chi connectivity index (χ4n) is 2.06. The van der Waals surface area contributed by atoms with Gasteiger partial charge in [0.15, 0.2) is 0 Å². The third-order valence-corrected chi connectivity index (χ3v) is 3.17. The van der Waals surface area contributed by atoms with Gasteiger partial charge in [0.2, 0.25) is 0 Å². The Hall–Kier alpha value is -2.43. The molecule has 19 heavy (non-hydrogen) atoms. The van der Waals surface area contributed by atoms with E-state index in [4.69, 9.17) is 0 Å². The monoisotopic (exact) mass is 256 g/mol. The minimum Gasteiger partial charge on any atom is -0.478 e. The summed E-state index contributed by atoms with van der Waals surface area (Å²) in [6, 6.07) is 9.01. The standard InChI is InChI=1S/C14H12N2O3/c17-13(18)11-8-16(10-6-7-10)14(19)15-12(11)9-4-2-1-3-5-9/h1-5,8,10H,6-7H2,(H,17,18). The quantitative estimate of drug-likeness (QED) is 0.910. The van der Waals surface area contributed by atoms with E-state index in [2.05, 4.69) is 4.98 Å². The molecule has 1 aromatic heterocycles. The lowest BCUT2D eigenvalue weighted by Gasteiger charge is -2.09. The number of carboxylic acids is 1. The first kappa shape index (κ1) is 11.6. The van der Waals surface area contributed by atoms with Gasteiger partial charge in [0.05, 0.1) is 5.69 Å². The highest BCUT2D eigenvalue weighted by Crippen LogP contribution is 2.34. The Labute approximate surface area is 109 Å². The molecule has 2 aromatic rings. The van der Waals surface area contributed by atoms with Gasteiger partial charge in [-0.3, -0.25) is 4.57 Å². The van der Waals surface area contributed by atoms with Crippen LogP contribution in [0.2, 0.25) is 0 Å². The summed E-state index contributed by atoms with van der Waals surface area (Å²) in [4.78, 5) is 27.2. The number of hydrogen-bond acceptors (Lipinski definition) is 3. The van der Waals surface area contributed by atoms with E-state index >= 15 is 0 Å². The van der Waals surface area contributed by atoms with Crippen LogP contribution in [0.4, 0.5) is 0 Å². The van der Waals surface area contributed by atoms with Crippen molar-refractivity contribution in [1.82, 2.24) is 9.55 Å². The zero-order valence-electron chi connectivity index (χ0n) is 10.1. The lowest BCUT2D eigenvalue weighted by Crippen LogP contribution is -2.24. The third kappa shape index (κ3) is 2.14. The van der Waals surface area contributed by atoms with Crippen molar-refractivity contribution in [1.29, 1.82) is 0 Å². The van der Waals surface area contributed by atoms with E-state index in [1.165, 1.54) is 10.8 Å². The van der Waals surface area contributed by atoms with Gasteiger partial charge in [-0.25, -0.2) is 9.59 Å². The summed E-state index contributed by atoms with van der Waals surface area (Å²) in [5, 5.41) is 9.29. The zero-order chi connectivity index (χ0) is 13.4. The molecule has 1 aliphatic carbocycles. The molecule has 0 spiro atoms. The third-order valence-electron chi connectivity index (χ3n) is 3.17. The van der Waals surface area contributed by atoms with Crippen molar-refractivity contribution in [2.75, 3.05) is 0 Å². The number of benzene rings is 1. The highest BCUT2D eigenvalue weighted by molar-refractivity contribution is 5.94. The van der Waals surface area contributed by atoms with Crippen LogP contribution in [0.25, 0.3) is 11.3 Å². The largest absolute Gasteiger partial charge is 0.478 e. The van der Waals surface area contributed by atoms with Crippen molar-refractivity contribution in [3.63, 3.8) is 0 Å². The van der Waals surface area contributed by atoms with E-state index in [0.717, 1.165) is 12.8 Å². The van der Waals surface area contributed by atoms with Gasteiger partial charge in [0.25, 0.3) is 0 Å². The molecule has 0 unspecified atom stereocenters. The van der Waals surface area contributed by atoms with Crippen LogP contribution in [0.15, 0.2) is 41.3 Å². The Morgan fingerprint density at radius 2 is 1.95 bits per heavy atom. The molecular formula is C14H12N2O3. The minimum absolute atomic E-state index is 0.0673. The first-order chi connectivity index (χ1) is 9.16. The predicted octanol–water partition coefficient (Wildman–Crippen LogP) is 1.94. The topological polar surface area (TPSA) is 72.2 Å². The summed E-state index contributed by atoms with van der Waals surface area (Å²) in [7, 11) is 0. The molecule has 0 radical (unpaired) electrons. The van der Waals surface area contributed by atoms with E-state index in [9.17, 15) is 14.7 Å². The first-order valence-corrected chi connectivity index (χ1v) is 6.08. The summed E-state index contributed by atoms with van der Waals surface area (Å²) < 4.78 is 1.43. The maximum absolute atomic E-state index is 11.9. The molecule has 1 heterocycles. The van der Waals surface area contributed by atoms with E-state index in [-0.39, 0.29) is 23.0 Å². The summed E-state index contributed by atoms with van der Waals surface area (Å²) in [6.45, 7) is 0. The smallest absolute Gasteiger partial charge is 0.348 e. The number of aromatic carboxylic acids is 1. The Bertz CT molecular complexity index is 688. The summed E-state index contributed by atoms with van der Waals surface area (Å²) in [6.07, 6.45) is 3.23. The molecule has 0 amide bonds. The van der Waals surface area contributed by atoms with Gasteiger partial charge < -0.3 is 5.11 Å². The average molecular weight is 256 g/mol. The molecule has 5 nitrogen and oxygen atoms in total. The Morgan fingerprint density at radius 3 is 2.53 bits per heavy atom. The molecule has 0 bridgehead atoms. The van der Waals surface area contributed by atoms with Crippen molar-refractivity contribution in [2.24, 2.45) is 0 Å². The fraction of sp³-hybridized carbons (Fsp3) is 0.214. The number of nitrogens with zero attached hydrogens (tertiary/aromatic N) is 2. The van der Waals surface area contributed by atoms with Crippen LogP contribution in [0.5, 0.6) is 0 Å². The molecule has 1 aliphatic rings. The van der Waals surface area contributed by atoms with Crippen molar-refractivity contribution in [3.8, 4) is 11.3 Å². The molecule has 5 heteroatoms. The Morgan fingerprint density at radius 1 is 1.26 bits per heavy atom. The number of carboxylic acid groups (broad SMARTS) is 1. The predicted molar refractivity (Wildman–Crippen MR) is 69.2 cm³/mol. The highest BCUT2D eigenvalue weighted by atomic mass is 16.4. The second-order valence-electron chi connectivity index (χ2n) is 4.60. The van der Waals surface area contributed by atoms with Gasteiger partial charge in [-0.05, 0) is 12.8 Å². The number of carbonyl (C=O) groups is 1. The van der Waals surface area contributed by atoms with Crippen LogP contribution in [-0.4, -0.2) is 20.6 Å². The first-order valence-electron chi connectivity index (χ1n) is 6.08. The van der Waals surface area contributed by atoms with Crippen LogP contribution in [0.3, 0.4) is 0 Å². The normalized spacial score (nSPS) is 14.3. The van der Waals surface area contributed by atoms with Gasteiger partial charge in [-0.15, -0.1) is 0 Å². The van der Waals surface area contributed by atoms with Gasteiger partial charge in [0, 0.05) is 17.8 Å².